The van der Waals surface area contributed by atoms with Crippen molar-refractivity contribution in [1.82, 2.24) is 4.98 Å². The number of oxazole rings is 1. The van der Waals surface area contributed by atoms with Gasteiger partial charge in [-0.25, -0.2) is 0 Å². The van der Waals surface area contributed by atoms with Crippen LogP contribution in [0.2, 0.25) is 0 Å². The first-order chi connectivity index (χ1) is 7.14. The maximum atomic E-state index is 12.4. The van der Waals surface area contributed by atoms with E-state index in [0.717, 1.165) is 6.26 Å². The molecule has 0 fully saturated rings. The molecule has 1 amide bonds. The summed E-state index contributed by atoms with van der Waals surface area (Å²) in [6.07, 6.45) is -4.97. The van der Waals surface area contributed by atoms with Crippen LogP contribution in [0.5, 0.6) is 0 Å². The van der Waals surface area contributed by atoms with E-state index in [-0.39, 0.29) is 5.69 Å². The first kappa shape index (κ1) is 12.4. The molecular weight excluding hydrogens is 239 g/mol. The second-order valence-corrected chi connectivity index (χ2v) is 2.82. The highest BCUT2D eigenvalue weighted by Gasteiger charge is 2.63. The lowest BCUT2D eigenvalue weighted by molar-refractivity contribution is -0.267. The van der Waals surface area contributed by atoms with E-state index in [9.17, 15) is 26.7 Å². The third kappa shape index (κ3) is 2.28. The van der Waals surface area contributed by atoms with E-state index in [4.69, 9.17) is 0 Å². The lowest BCUT2D eigenvalue weighted by atomic mass is 10.3. The molecule has 0 radical (unpaired) electrons. The smallest absolute Gasteiger partial charge is 0.432 e. The molecule has 90 valence electrons. The first-order valence-electron chi connectivity index (χ1n) is 3.82. The fourth-order valence-corrected chi connectivity index (χ4v) is 0.716. The molecule has 9 heteroatoms. The molecule has 1 aromatic heterocycles. The number of aryl methyl sites for hydroxylation is 1. The summed E-state index contributed by atoms with van der Waals surface area (Å²) in [5, 5.41) is 1.22. The van der Waals surface area contributed by atoms with Crippen LogP contribution in [0.3, 0.4) is 0 Å². The molecule has 0 aliphatic rings. The van der Waals surface area contributed by atoms with Crippen molar-refractivity contribution in [1.29, 1.82) is 0 Å². The number of hydrogen-bond donors (Lipinski definition) is 1. The number of nitrogens with one attached hydrogen (secondary N) is 1. The molecule has 1 N–H and O–H groups in total. The van der Waals surface area contributed by atoms with Crippen LogP contribution in [0.25, 0.3) is 0 Å². The van der Waals surface area contributed by atoms with E-state index in [1.165, 1.54) is 12.2 Å². The summed E-state index contributed by atoms with van der Waals surface area (Å²) in [6.45, 7) is 1.40. The Labute approximate surface area is 85.4 Å². The van der Waals surface area contributed by atoms with Gasteiger partial charge in [0.2, 0.25) is 0 Å². The second-order valence-electron chi connectivity index (χ2n) is 2.82. The van der Waals surface area contributed by atoms with Crippen LogP contribution < -0.4 is 5.32 Å². The molecule has 1 heterocycles. The Kier molecular flexibility index (Phi) is 2.89. The molecule has 0 spiro atoms. The van der Waals surface area contributed by atoms with Crippen LogP contribution in [-0.4, -0.2) is 23.0 Å². The number of carbonyl (C=O) groups excluding carboxylic acids is 1. The monoisotopic (exact) mass is 244 g/mol. The van der Waals surface area contributed by atoms with Crippen LogP contribution in [0, 0.1) is 6.92 Å². The Hall–Kier alpha value is -1.67. The lowest BCUT2D eigenvalue weighted by Crippen LogP contribution is -2.47. The summed E-state index contributed by atoms with van der Waals surface area (Å²) in [5.41, 5.74) is 0.227. The topological polar surface area (TPSA) is 55.1 Å². The minimum absolute atomic E-state index is 0.227. The largest absolute Gasteiger partial charge is 0.463 e. The van der Waals surface area contributed by atoms with E-state index < -0.39 is 24.0 Å². The number of alkyl halides is 5. The summed E-state index contributed by atoms with van der Waals surface area (Å²) < 4.78 is 64.4. The molecule has 0 saturated heterocycles. The van der Waals surface area contributed by atoms with E-state index in [1.807, 2.05) is 0 Å². The van der Waals surface area contributed by atoms with Crippen molar-refractivity contribution in [2.45, 2.75) is 19.0 Å². The molecule has 0 aliphatic carbocycles. The van der Waals surface area contributed by atoms with Gasteiger partial charge in [-0.15, -0.1) is 0 Å². The Morgan fingerprint density at radius 3 is 2.31 bits per heavy atom. The molecule has 1 rings (SSSR count). The lowest BCUT2D eigenvalue weighted by Gasteiger charge is -2.17. The molecule has 0 unspecified atom stereocenters. The number of hydrogen-bond acceptors (Lipinski definition) is 3. The Morgan fingerprint density at radius 1 is 1.38 bits per heavy atom. The highest BCUT2D eigenvalue weighted by atomic mass is 19.4. The summed E-state index contributed by atoms with van der Waals surface area (Å²) in [4.78, 5) is 14.0. The third-order valence-corrected chi connectivity index (χ3v) is 1.48. The molecule has 16 heavy (non-hydrogen) atoms. The highest BCUT2D eigenvalue weighted by Crippen LogP contribution is 2.36. The van der Waals surface area contributed by atoms with Gasteiger partial charge >= 0.3 is 24.0 Å². The molecule has 0 atom stereocenters. The number of amides is 1. The van der Waals surface area contributed by atoms with Crippen LogP contribution in [-0.2, 0) is 4.79 Å². The maximum absolute atomic E-state index is 12.4. The van der Waals surface area contributed by atoms with Crippen molar-refractivity contribution < 1.29 is 31.2 Å². The van der Waals surface area contributed by atoms with Gasteiger partial charge in [0, 0.05) is 0 Å². The summed E-state index contributed by atoms with van der Waals surface area (Å²) in [6, 6.07) is -0.716. The average Bonchev–Trinajstić information content (AvgIpc) is 2.49. The quantitative estimate of drug-likeness (QED) is 0.810. The number of nitrogens with zero attached hydrogens (tertiary/aromatic N) is 1. The zero-order valence-electron chi connectivity index (χ0n) is 7.73. The minimum Gasteiger partial charge on any atom is -0.432 e. The molecule has 1 aromatic rings. The maximum Gasteiger partial charge on any atom is 0.463 e. The van der Waals surface area contributed by atoms with E-state index in [2.05, 4.69) is 9.40 Å². The normalized spacial score (nSPS) is 12.6. The van der Waals surface area contributed by atoms with E-state index in [1.54, 1.807) is 0 Å². The van der Waals surface area contributed by atoms with Gasteiger partial charge < -0.3 is 4.42 Å². The van der Waals surface area contributed by atoms with Gasteiger partial charge in [0.15, 0.2) is 0 Å². The molecule has 0 aliphatic heterocycles. The Bertz CT molecular complexity index is 398. The molecule has 0 saturated carbocycles. The van der Waals surface area contributed by atoms with Crippen molar-refractivity contribution in [2.75, 3.05) is 5.32 Å². The summed E-state index contributed by atoms with van der Waals surface area (Å²) >= 11 is 0. The molecule has 0 aromatic carbocycles. The standard InChI is InChI=1S/C7H5F5N2O2/c1-3-2-16-5(13-3)14-4(15)6(8,9)7(10,11)12/h2H,1H3,(H,13,14,15). The van der Waals surface area contributed by atoms with Gasteiger partial charge in [0.05, 0.1) is 5.69 Å². The van der Waals surface area contributed by atoms with Crippen molar-refractivity contribution in [3.63, 3.8) is 0 Å². The van der Waals surface area contributed by atoms with Crippen LogP contribution in [0.4, 0.5) is 28.0 Å². The highest BCUT2D eigenvalue weighted by molar-refractivity contribution is 5.95. The number of rotatable bonds is 2. The first-order valence-corrected chi connectivity index (χ1v) is 3.82. The molecule has 4 nitrogen and oxygen atoms in total. The average molecular weight is 244 g/mol. The van der Waals surface area contributed by atoms with Crippen molar-refractivity contribution in [3.05, 3.63) is 12.0 Å². The van der Waals surface area contributed by atoms with Gasteiger partial charge in [-0.05, 0) is 6.92 Å². The number of carbonyl (C=O) groups is 1. The predicted molar refractivity (Wildman–Crippen MR) is 40.9 cm³/mol. The van der Waals surface area contributed by atoms with Gasteiger partial charge in [0.1, 0.15) is 6.26 Å². The third-order valence-electron chi connectivity index (χ3n) is 1.48. The number of halogens is 5. The Balaban J connectivity index is 2.80. The fraction of sp³-hybridized carbons (Fsp3) is 0.429. The predicted octanol–water partition coefficient (Wildman–Crippen LogP) is 2.12. The van der Waals surface area contributed by atoms with Crippen LogP contribution in [0.1, 0.15) is 5.69 Å². The SMILES string of the molecule is Cc1coc(NC(=O)C(F)(F)C(F)(F)F)n1. The van der Waals surface area contributed by atoms with Gasteiger partial charge in [0.25, 0.3) is 0 Å². The second kappa shape index (κ2) is 3.72. The number of anilines is 1. The fourth-order valence-electron chi connectivity index (χ4n) is 0.716. The van der Waals surface area contributed by atoms with Crippen LogP contribution in [0.15, 0.2) is 10.7 Å². The minimum atomic E-state index is -5.96. The zero-order valence-corrected chi connectivity index (χ0v) is 7.73. The zero-order chi connectivity index (χ0) is 12.6. The van der Waals surface area contributed by atoms with Crippen LogP contribution >= 0.6 is 0 Å². The number of aromatic nitrogens is 1. The summed E-state index contributed by atoms with van der Waals surface area (Å²) in [7, 11) is 0. The van der Waals surface area contributed by atoms with E-state index >= 15 is 0 Å². The van der Waals surface area contributed by atoms with E-state index in [0.29, 0.717) is 0 Å². The van der Waals surface area contributed by atoms with Crippen molar-refractivity contribution in [3.8, 4) is 0 Å². The molecular formula is C7H5F5N2O2. The van der Waals surface area contributed by atoms with Gasteiger partial charge in [-0.2, -0.15) is 26.9 Å². The van der Waals surface area contributed by atoms with Crippen molar-refractivity contribution >= 4 is 11.9 Å². The summed E-state index contributed by atoms with van der Waals surface area (Å²) in [5.74, 6) is -8.03. The van der Waals surface area contributed by atoms with Gasteiger partial charge in [-0.3, -0.25) is 10.1 Å². The van der Waals surface area contributed by atoms with Gasteiger partial charge in [-0.1, -0.05) is 0 Å². The van der Waals surface area contributed by atoms with Crippen molar-refractivity contribution in [2.24, 2.45) is 0 Å². The molecule has 0 bridgehead atoms. The Morgan fingerprint density at radius 2 is 1.94 bits per heavy atom.